The van der Waals surface area contributed by atoms with Gasteiger partial charge in [0, 0.05) is 11.1 Å². The number of aromatic nitrogens is 2. The summed E-state index contributed by atoms with van der Waals surface area (Å²) in [6.45, 7) is 0. The molecule has 0 amide bonds. The lowest BCUT2D eigenvalue weighted by molar-refractivity contribution is 0.627. The van der Waals surface area contributed by atoms with Crippen molar-refractivity contribution < 1.29 is 4.39 Å². The van der Waals surface area contributed by atoms with Crippen LogP contribution in [0.5, 0.6) is 0 Å². The van der Waals surface area contributed by atoms with Crippen LogP contribution in [0.4, 0.5) is 4.39 Å². The standard InChI is InChI=1S/C24H15FN2OS/c25-19-13-7-8-16(14-19)15-20-23(28)27-22(18-11-5-2-6-12-18)21(26-24(27)29-20)17-9-3-1-4-10-17/h1-15H/b20-15+. The van der Waals surface area contributed by atoms with Crippen molar-refractivity contribution in [2.75, 3.05) is 0 Å². The van der Waals surface area contributed by atoms with Gasteiger partial charge in [-0.1, -0.05) is 84.1 Å². The van der Waals surface area contributed by atoms with Gasteiger partial charge < -0.3 is 0 Å². The molecule has 29 heavy (non-hydrogen) atoms. The molecular weight excluding hydrogens is 383 g/mol. The van der Waals surface area contributed by atoms with E-state index in [0.717, 1.165) is 22.5 Å². The van der Waals surface area contributed by atoms with E-state index >= 15 is 0 Å². The molecule has 0 aliphatic rings. The van der Waals surface area contributed by atoms with Crippen molar-refractivity contribution in [2.24, 2.45) is 0 Å². The maximum Gasteiger partial charge on any atom is 0.274 e. The highest BCUT2D eigenvalue weighted by molar-refractivity contribution is 7.15. The number of hydrogen-bond acceptors (Lipinski definition) is 3. The van der Waals surface area contributed by atoms with Crippen LogP contribution in [-0.4, -0.2) is 9.38 Å². The molecule has 0 saturated heterocycles. The second-order valence-corrected chi connectivity index (χ2v) is 7.64. The number of nitrogens with zero attached hydrogens (tertiary/aromatic N) is 2. The zero-order valence-corrected chi connectivity index (χ0v) is 16.1. The van der Waals surface area contributed by atoms with Gasteiger partial charge in [0.05, 0.1) is 15.9 Å². The van der Waals surface area contributed by atoms with E-state index in [0.29, 0.717) is 15.1 Å². The van der Waals surface area contributed by atoms with Crippen LogP contribution in [0.1, 0.15) is 5.56 Å². The van der Waals surface area contributed by atoms with Crippen LogP contribution in [0.25, 0.3) is 33.6 Å². The molecule has 140 valence electrons. The van der Waals surface area contributed by atoms with Crippen LogP contribution in [0.15, 0.2) is 89.7 Å². The molecule has 0 N–H and O–H groups in total. The Labute approximate surface area is 170 Å². The molecule has 5 heteroatoms. The van der Waals surface area contributed by atoms with Gasteiger partial charge in [0.2, 0.25) is 0 Å². The summed E-state index contributed by atoms with van der Waals surface area (Å²) in [4.78, 5) is 18.7. The zero-order valence-electron chi connectivity index (χ0n) is 15.2. The number of benzene rings is 3. The molecule has 3 nitrogen and oxygen atoms in total. The number of hydrogen-bond donors (Lipinski definition) is 0. The van der Waals surface area contributed by atoms with Crippen LogP contribution < -0.4 is 10.1 Å². The van der Waals surface area contributed by atoms with Gasteiger partial charge >= 0.3 is 0 Å². The molecule has 2 aromatic heterocycles. The predicted molar refractivity (Wildman–Crippen MR) is 115 cm³/mol. The van der Waals surface area contributed by atoms with Crippen LogP contribution >= 0.6 is 11.3 Å². The first kappa shape index (κ1) is 17.5. The van der Waals surface area contributed by atoms with Crippen molar-refractivity contribution in [3.8, 4) is 22.5 Å². The summed E-state index contributed by atoms with van der Waals surface area (Å²) >= 11 is 1.31. The largest absolute Gasteiger partial charge is 0.274 e. The number of imidazole rings is 1. The third kappa shape index (κ3) is 3.15. The monoisotopic (exact) mass is 398 g/mol. The Morgan fingerprint density at radius 1 is 0.862 bits per heavy atom. The van der Waals surface area contributed by atoms with Gasteiger partial charge in [0.25, 0.3) is 5.56 Å². The van der Waals surface area contributed by atoms with Gasteiger partial charge in [-0.2, -0.15) is 0 Å². The fourth-order valence-corrected chi connectivity index (χ4v) is 4.38. The highest BCUT2D eigenvalue weighted by Gasteiger charge is 2.19. The summed E-state index contributed by atoms with van der Waals surface area (Å²) < 4.78 is 15.7. The van der Waals surface area contributed by atoms with Crippen LogP contribution in [-0.2, 0) is 0 Å². The van der Waals surface area contributed by atoms with E-state index < -0.39 is 0 Å². The first-order valence-electron chi connectivity index (χ1n) is 9.14. The van der Waals surface area contributed by atoms with E-state index in [1.807, 2.05) is 60.7 Å². The van der Waals surface area contributed by atoms with E-state index in [2.05, 4.69) is 0 Å². The molecule has 0 aliphatic heterocycles. The Balaban J connectivity index is 1.81. The second kappa shape index (κ2) is 7.11. The van der Waals surface area contributed by atoms with Gasteiger partial charge in [-0.25, -0.2) is 13.8 Å². The summed E-state index contributed by atoms with van der Waals surface area (Å²) in [6.07, 6.45) is 1.71. The molecule has 3 aromatic carbocycles. The Bertz CT molecular complexity index is 1420. The Kier molecular flexibility index (Phi) is 4.30. The van der Waals surface area contributed by atoms with Crippen LogP contribution in [0.3, 0.4) is 0 Å². The van der Waals surface area contributed by atoms with Gasteiger partial charge in [-0.3, -0.25) is 4.79 Å². The molecule has 5 rings (SSSR count). The Morgan fingerprint density at radius 2 is 1.55 bits per heavy atom. The summed E-state index contributed by atoms with van der Waals surface area (Å²) in [7, 11) is 0. The average molecular weight is 398 g/mol. The van der Waals surface area contributed by atoms with Crippen LogP contribution in [0.2, 0.25) is 0 Å². The molecule has 0 fully saturated rings. The van der Waals surface area contributed by atoms with Crippen molar-refractivity contribution in [3.05, 3.63) is 111 Å². The van der Waals surface area contributed by atoms with E-state index in [4.69, 9.17) is 4.98 Å². The molecule has 0 bridgehead atoms. The number of halogens is 1. The average Bonchev–Trinajstić information content (AvgIpc) is 3.26. The fourth-order valence-electron chi connectivity index (χ4n) is 3.41. The van der Waals surface area contributed by atoms with Crippen molar-refractivity contribution in [2.45, 2.75) is 0 Å². The lowest BCUT2D eigenvalue weighted by Crippen LogP contribution is -2.23. The van der Waals surface area contributed by atoms with Crippen molar-refractivity contribution in [3.63, 3.8) is 0 Å². The predicted octanol–water partition coefficient (Wildman–Crippen LogP) is 4.78. The van der Waals surface area contributed by atoms with Gasteiger partial charge in [-0.15, -0.1) is 0 Å². The van der Waals surface area contributed by atoms with E-state index in [1.54, 1.807) is 22.6 Å². The van der Waals surface area contributed by atoms with Gasteiger partial charge in [-0.05, 0) is 23.8 Å². The molecule has 2 heterocycles. The first-order chi connectivity index (χ1) is 14.2. The molecule has 0 saturated carbocycles. The number of thiazole rings is 1. The third-order valence-electron chi connectivity index (χ3n) is 4.70. The summed E-state index contributed by atoms with van der Waals surface area (Å²) in [5.41, 5.74) is 3.92. The molecule has 0 aliphatic carbocycles. The van der Waals surface area contributed by atoms with Crippen molar-refractivity contribution in [1.29, 1.82) is 0 Å². The number of fused-ring (bicyclic) bond motifs is 1. The first-order valence-corrected chi connectivity index (χ1v) is 9.96. The quantitative estimate of drug-likeness (QED) is 0.438. The van der Waals surface area contributed by atoms with Gasteiger partial charge in [0.15, 0.2) is 4.96 Å². The Morgan fingerprint density at radius 3 is 2.24 bits per heavy atom. The number of rotatable bonds is 3. The minimum atomic E-state index is -0.330. The highest BCUT2D eigenvalue weighted by atomic mass is 32.1. The normalized spacial score (nSPS) is 12.0. The lowest BCUT2D eigenvalue weighted by atomic mass is 10.1. The molecule has 0 atom stereocenters. The fraction of sp³-hybridized carbons (Fsp3) is 0. The summed E-state index contributed by atoms with van der Waals surface area (Å²) in [6, 6.07) is 25.8. The molecular formula is C24H15FN2OS. The minimum Gasteiger partial charge on any atom is -0.267 e. The van der Waals surface area contributed by atoms with Crippen LogP contribution in [0, 0.1) is 5.82 Å². The Hall–Kier alpha value is -3.57. The highest BCUT2D eigenvalue weighted by Crippen LogP contribution is 2.32. The minimum absolute atomic E-state index is 0.150. The topological polar surface area (TPSA) is 34.4 Å². The third-order valence-corrected chi connectivity index (χ3v) is 5.67. The summed E-state index contributed by atoms with van der Waals surface area (Å²) in [5.74, 6) is -0.330. The second-order valence-electron chi connectivity index (χ2n) is 6.63. The lowest BCUT2D eigenvalue weighted by Gasteiger charge is -2.04. The van der Waals surface area contributed by atoms with E-state index in [9.17, 15) is 9.18 Å². The molecule has 5 aromatic rings. The maximum atomic E-state index is 13.5. The molecule has 0 unspecified atom stereocenters. The smallest absolute Gasteiger partial charge is 0.267 e. The zero-order chi connectivity index (χ0) is 19.8. The summed E-state index contributed by atoms with van der Waals surface area (Å²) in [5, 5.41) is 0. The van der Waals surface area contributed by atoms with E-state index in [1.165, 1.54) is 23.5 Å². The molecule has 0 spiro atoms. The van der Waals surface area contributed by atoms with Crippen molar-refractivity contribution in [1.82, 2.24) is 9.38 Å². The van der Waals surface area contributed by atoms with E-state index in [-0.39, 0.29) is 11.4 Å². The van der Waals surface area contributed by atoms with Gasteiger partial charge in [0.1, 0.15) is 5.82 Å². The molecule has 0 radical (unpaired) electrons. The van der Waals surface area contributed by atoms with Crippen molar-refractivity contribution >= 4 is 22.4 Å². The SMILES string of the molecule is O=c1/c(=C\c2cccc(F)c2)sc2nc(-c3ccccc3)c(-c3ccccc3)n12. The maximum absolute atomic E-state index is 13.5.